The predicted molar refractivity (Wildman–Crippen MR) is 85.2 cm³/mol. The fraction of sp³-hybridized carbons (Fsp3) is 0.667. The predicted octanol–water partition coefficient (Wildman–Crippen LogP) is 4.24. The molecule has 20 heavy (non-hydrogen) atoms. The number of hydrogen-bond acceptors (Lipinski definition) is 2. The van der Waals surface area contributed by atoms with Crippen LogP contribution in [0.1, 0.15) is 56.1 Å². The zero-order chi connectivity index (χ0) is 14.4. The minimum atomic E-state index is 0.279. The molecule has 0 aliphatic heterocycles. The van der Waals surface area contributed by atoms with Gasteiger partial charge in [-0.15, -0.1) is 0 Å². The van der Waals surface area contributed by atoms with Gasteiger partial charge in [-0.1, -0.05) is 49.8 Å². The molecule has 1 fully saturated rings. The van der Waals surface area contributed by atoms with Crippen LogP contribution in [0.15, 0.2) is 18.2 Å². The molecule has 0 amide bonds. The van der Waals surface area contributed by atoms with E-state index in [-0.39, 0.29) is 5.41 Å². The molecule has 0 heterocycles. The molecule has 2 N–H and O–H groups in total. The summed E-state index contributed by atoms with van der Waals surface area (Å²) in [6, 6.07) is 6.49. The normalized spacial score (nSPS) is 19.1. The van der Waals surface area contributed by atoms with Crippen LogP contribution >= 0.6 is 0 Å². The molecule has 1 aromatic rings. The van der Waals surface area contributed by atoms with Crippen LogP contribution in [0.25, 0.3) is 0 Å². The summed E-state index contributed by atoms with van der Waals surface area (Å²) in [6.07, 6.45) is 10.4. The number of methoxy groups -OCH3 is 1. The summed E-state index contributed by atoms with van der Waals surface area (Å²) >= 11 is 0. The van der Waals surface area contributed by atoms with Gasteiger partial charge in [0.1, 0.15) is 5.75 Å². The maximum absolute atomic E-state index is 6.20. The first-order valence-corrected chi connectivity index (χ1v) is 8.03. The van der Waals surface area contributed by atoms with Gasteiger partial charge in [0, 0.05) is 0 Å². The molecule has 1 aliphatic rings. The lowest BCUT2D eigenvalue weighted by Crippen LogP contribution is -2.33. The third-order valence-corrected chi connectivity index (χ3v) is 4.85. The molecular formula is C18H29NO. The Hall–Kier alpha value is -1.02. The van der Waals surface area contributed by atoms with E-state index in [2.05, 4.69) is 25.1 Å². The van der Waals surface area contributed by atoms with Crippen molar-refractivity contribution in [3.8, 4) is 5.75 Å². The second-order valence-electron chi connectivity index (χ2n) is 6.46. The van der Waals surface area contributed by atoms with Crippen molar-refractivity contribution < 1.29 is 4.74 Å². The van der Waals surface area contributed by atoms with Gasteiger partial charge in [0.15, 0.2) is 0 Å². The highest BCUT2D eigenvalue weighted by atomic mass is 16.5. The van der Waals surface area contributed by atoms with Crippen LogP contribution in [0, 0.1) is 12.3 Å². The first kappa shape index (κ1) is 15.4. The van der Waals surface area contributed by atoms with Crippen LogP contribution in [0.4, 0.5) is 0 Å². The average Bonchev–Trinajstić information content (AvgIpc) is 2.42. The zero-order valence-electron chi connectivity index (χ0n) is 13.1. The molecule has 0 aromatic heterocycles. The van der Waals surface area contributed by atoms with E-state index in [1.165, 1.54) is 56.1 Å². The fourth-order valence-corrected chi connectivity index (χ4v) is 3.56. The quantitative estimate of drug-likeness (QED) is 0.892. The summed E-state index contributed by atoms with van der Waals surface area (Å²) in [4.78, 5) is 0. The molecule has 1 saturated carbocycles. The highest BCUT2D eigenvalue weighted by Crippen LogP contribution is 2.38. The number of nitrogens with two attached hydrogens (primary N) is 1. The smallest absolute Gasteiger partial charge is 0.122 e. The van der Waals surface area contributed by atoms with Crippen LogP contribution in [0.3, 0.4) is 0 Å². The van der Waals surface area contributed by atoms with Gasteiger partial charge in [-0.05, 0) is 49.8 Å². The molecule has 0 unspecified atom stereocenters. The van der Waals surface area contributed by atoms with Gasteiger partial charge in [0.05, 0.1) is 7.11 Å². The third kappa shape index (κ3) is 3.76. The highest BCUT2D eigenvalue weighted by molar-refractivity contribution is 5.37. The number of ether oxygens (including phenoxy) is 1. The van der Waals surface area contributed by atoms with Crippen molar-refractivity contribution in [1.82, 2.24) is 0 Å². The summed E-state index contributed by atoms with van der Waals surface area (Å²) in [5.41, 5.74) is 9.11. The zero-order valence-corrected chi connectivity index (χ0v) is 13.1. The van der Waals surface area contributed by atoms with E-state index in [1.807, 2.05) is 0 Å². The summed E-state index contributed by atoms with van der Waals surface area (Å²) in [5.74, 6) is 1.02. The van der Waals surface area contributed by atoms with Crippen LogP contribution in [0.5, 0.6) is 5.75 Å². The van der Waals surface area contributed by atoms with E-state index >= 15 is 0 Å². The van der Waals surface area contributed by atoms with Gasteiger partial charge < -0.3 is 10.5 Å². The monoisotopic (exact) mass is 275 g/mol. The largest absolute Gasteiger partial charge is 0.496 e. The molecule has 1 aliphatic carbocycles. The molecule has 112 valence electrons. The van der Waals surface area contributed by atoms with Gasteiger partial charge in [0.2, 0.25) is 0 Å². The Balaban J connectivity index is 2.21. The Kier molecular flexibility index (Phi) is 5.47. The summed E-state index contributed by atoms with van der Waals surface area (Å²) < 4.78 is 5.55. The van der Waals surface area contributed by atoms with Crippen molar-refractivity contribution in [2.45, 2.75) is 58.3 Å². The summed E-state index contributed by atoms with van der Waals surface area (Å²) in [6.45, 7) is 2.94. The van der Waals surface area contributed by atoms with Crippen LogP contribution in [0.2, 0.25) is 0 Å². The third-order valence-electron chi connectivity index (χ3n) is 4.85. The van der Waals surface area contributed by atoms with E-state index in [0.29, 0.717) is 0 Å². The summed E-state index contributed by atoms with van der Waals surface area (Å²) in [7, 11) is 1.77. The average molecular weight is 275 g/mol. The second kappa shape index (κ2) is 7.12. The first-order chi connectivity index (χ1) is 9.69. The lowest BCUT2D eigenvalue weighted by Gasteiger charge is -2.35. The van der Waals surface area contributed by atoms with Crippen molar-refractivity contribution in [3.05, 3.63) is 29.3 Å². The topological polar surface area (TPSA) is 35.2 Å². The lowest BCUT2D eigenvalue weighted by molar-refractivity contribution is 0.214. The Morgan fingerprint density at radius 2 is 1.75 bits per heavy atom. The van der Waals surface area contributed by atoms with Crippen LogP contribution < -0.4 is 10.5 Å². The Labute approximate surface area is 123 Å². The van der Waals surface area contributed by atoms with Gasteiger partial charge in [-0.2, -0.15) is 0 Å². The number of benzene rings is 1. The molecule has 0 radical (unpaired) electrons. The first-order valence-electron chi connectivity index (χ1n) is 8.03. The number of hydrogen-bond donors (Lipinski definition) is 1. The second-order valence-corrected chi connectivity index (χ2v) is 6.46. The number of aryl methyl sites for hydroxylation is 1. The van der Waals surface area contributed by atoms with E-state index < -0.39 is 0 Å². The van der Waals surface area contributed by atoms with Gasteiger partial charge in [0.25, 0.3) is 0 Å². The van der Waals surface area contributed by atoms with E-state index in [4.69, 9.17) is 10.5 Å². The standard InChI is InChI=1S/C18H29NO/c1-15-8-9-17(20-2)16(12-15)13-18(14-19)10-6-4-3-5-7-11-18/h8-9,12H,3-7,10-11,13-14,19H2,1-2H3. The van der Waals surface area contributed by atoms with Crippen molar-refractivity contribution in [1.29, 1.82) is 0 Å². The molecule has 0 saturated heterocycles. The molecule has 1 aromatic carbocycles. The SMILES string of the molecule is COc1ccc(C)cc1CC1(CN)CCCCCCC1. The lowest BCUT2D eigenvalue weighted by atomic mass is 9.72. The molecule has 2 nitrogen and oxygen atoms in total. The van der Waals surface area contributed by atoms with E-state index in [1.54, 1.807) is 7.11 Å². The van der Waals surface area contributed by atoms with Gasteiger partial charge in [-0.3, -0.25) is 0 Å². The van der Waals surface area contributed by atoms with Crippen molar-refractivity contribution in [3.63, 3.8) is 0 Å². The molecule has 0 spiro atoms. The Morgan fingerprint density at radius 1 is 1.10 bits per heavy atom. The highest BCUT2D eigenvalue weighted by Gasteiger charge is 2.30. The van der Waals surface area contributed by atoms with Gasteiger partial charge >= 0.3 is 0 Å². The van der Waals surface area contributed by atoms with Crippen LogP contribution in [-0.4, -0.2) is 13.7 Å². The van der Waals surface area contributed by atoms with Crippen LogP contribution in [-0.2, 0) is 6.42 Å². The van der Waals surface area contributed by atoms with Crippen molar-refractivity contribution in [2.75, 3.05) is 13.7 Å². The maximum Gasteiger partial charge on any atom is 0.122 e. The molecule has 2 heteroatoms. The van der Waals surface area contributed by atoms with Crippen molar-refractivity contribution in [2.24, 2.45) is 11.1 Å². The molecule has 0 atom stereocenters. The Morgan fingerprint density at radius 3 is 2.35 bits per heavy atom. The fourth-order valence-electron chi connectivity index (χ4n) is 3.56. The van der Waals surface area contributed by atoms with Crippen molar-refractivity contribution >= 4 is 0 Å². The van der Waals surface area contributed by atoms with E-state index in [0.717, 1.165) is 18.7 Å². The van der Waals surface area contributed by atoms with E-state index in [9.17, 15) is 0 Å². The van der Waals surface area contributed by atoms with Gasteiger partial charge in [-0.25, -0.2) is 0 Å². The minimum Gasteiger partial charge on any atom is -0.496 e. The Bertz CT molecular complexity index is 419. The molecule has 2 rings (SSSR count). The maximum atomic E-state index is 6.20. The number of rotatable bonds is 4. The minimum absolute atomic E-state index is 0.279. The summed E-state index contributed by atoms with van der Waals surface area (Å²) in [5, 5.41) is 0. The molecule has 0 bridgehead atoms. The molecular weight excluding hydrogens is 246 g/mol.